The zero-order chi connectivity index (χ0) is 31.3. The van der Waals surface area contributed by atoms with E-state index in [2.05, 4.69) is 114 Å². The number of thiophene rings is 1. The van der Waals surface area contributed by atoms with Crippen molar-refractivity contribution < 1.29 is 25.8 Å². The van der Waals surface area contributed by atoms with Crippen LogP contribution in [0.4, 0.5) is 17.2 Å². The molecule has 0 radical (unpaired) electrons. The van der Waals surface area contributed by atoms with Gasteiger partial charge in [0.05, 0.1) is 5.65 Å². The number of imidazole rings is 1. The van der Waals surface area contributed by atoms with E-state index in [9.17, 15) is 0 Å². The van der Waals surface area contributed by atoms with E-state index in [1.165, 1.54) is 36.8 Å². The predicted octanol–water partition coefficient (Wildman–Crippen LogP) is 10.9. The number of anilines is 3. The second-order valence-corrected chi connectivity index (χ2v) is 13.6. The van der Waals surface area contributed by atoms with Gasteiger partial charge in [0.15, 0.2) is 0 Å². The van der Waals surface area contributed by atoms with Crippen LogP contribution >= 0.6 is 11.3 Å². The fourth-order valence-electron chi connectivity index (χ4n) is 7.38. The van der Waals surface area contributed by atoms with Crippen molar-refractivity contribution in [1.82, 2.24) is 14.4 Å². The zero-order valence-electron chi connectivity index (χ0n) is 26.0. The van der Waals surface area contributed by atoms with Gasteiger partial charge >= 0.3 is 21.1 Å². The van der Waals surface area contributed by atoms with E-state index < -0.39 is 0 Å². The van der Waals surface area contributed by atoms with E-state index in [1.807, 2.05) is 54.2 Å². The van der Waals surface area contributed by atoms with Crippen molar-refractivity contribution in [2.75, 3.05) is 4.90 Å². The standard InChI is InChI=1S/C41H26N4OS.Pt/c1-41(2)32-12-4-5-14-34(32)45(40-33(41)13-8-20-42-40)25-9-7-10-26(23-25)46-27-16-17-28-29-18-19-36-37(30-11-3-6-15-35(30)47-36)38(29)44-22-21-43-39(44)31(28)24-27;/h3-22H,1-2H3;/q-2;+2. The average molecular weight is 818 g/mol. The first-order chi connectivity index (χ1) is 23.1. The molecular weight excluding hydrogens is 792 g/mol. The molecule has 5 nitrogen and oxygen atoms in total. The number of fused-ring (bicyclic) bond motifs is 12. The molecule has 0 aliphatic carbocycles. The molecule has 0 saturated heterocycles. The van der Waals surface area contributed by atoms with Crippen molar-refractivity contribution in [3.63, 3.8) is 0 Å². The summed E-state index contributed by atoms with van der Waals surface area (Å²) in [6.45, 7) is 4.52. The molecule has 232 valence electrons. The third-order valence-corrected chi connectivity index (χ3v) is 10.7. The monoisotopic (exact) mass is 817 g/mol. The molecule has 10 rings (SSSR count). The van der Waals surface area contributed by atoms with Gasteiger partial charge < -0.3 is 14.0 Å². The van der Waals surface area contributed by atoms with Crippen molar-refractivity contribution in [3.8, 4) is 11.5 Å². The Morgan fingerprint density at radius 2 is 1.50 bits per heavy atom. The van der Waals surface area contributed by atoms with Crippen LogP contribution in [-0.2, 0) is 26.5 Å². The minimum atomic E-state index is -0.185. The summed E-state index contributed by atoms with van der Waals surface area (Å²) in [7, 11) is 0. The van der Waals surface area contributed by atoms with Crippen LogP contribution in [0, 0.1) is 12.1 Å². The van der Waals surface area contributed by atoms with Gasteiger partial charge in [0.1, 0.15) is 5.82 Å². The summed E-state index contributed by atoms with van der Waals surface area (Å²) in [4.78, 5) is 11.8. The number of ether oxygens (including phenoxy) is 1. The van der Waals surface area contributed by atoms with Gasteiger partial charge in [0, 0.05) is 72.4 Å². The molecule has 9 aromatic rings. The Hall–Kier alpha value is -5.03. The first kappa shape index (κ1) is 29.1. The second-order valence-electron chi connectivity index (χ2n) is 12.5. The molecule has 0 spiro atoms. The molecule has 0 unspecified atom stereocenters. The van der Waals surface area contributed by atoms with Crippen LogP contribution in [0.2, 0.25) is 0 Å². The van der Waals surface area contributed by atoms with Gasteiger partial charge in [-0.3, -0.25) is 4.98 Å². The van der Waals surface area contributed by atoms with Crippen LogP contribution in [-0.4, -0.2) is 14.4 Å². The van der Waals surface area contributed by atoms with E-state index in [0.717, 1.165) is 39.0 Å². The van der Waals surface area contributed by atoms with Gasteiger partial charge in [-0.15, -0.1) is 41.7 Å². The molecule has 0 bridgehead atoms. The topological polar surface area (TPSA) is 42.7 Å². The summed E-state index contributed by atoms with van der Waals surface area (Å²) in [6.07, 6.45) is 5.77. The quantitative estimate of drug-likeness (QED) is 0.132. The Balaban J connectivity index is 0.00000314. The summed E-state index contributed by atoms with van der Waals surface area (Å²) < 4.78 is 11.2. The molecule has 4 aromatic heterocycles. The Kier molecular flexibility index (Phi) is 6.52. The van der Waals surface area contributed by atoms with Crippen molar-refractivity contribution in [3.05, 3.63) is 145 Å². The summed E-state index contributed by atoms with van der Waals surface area (Å²) in [5.74, 6) is 2.11. The Morgan fingerprint density at radius 3 is 2.44 bits per heavy atom. The van der Waals surface area contributed by atoms with Crippen LogP contribution in [0.15, 0.2) is 122 Å². The average Bonchev–Trinajstić information content (AvgIpc) is 3.74. The minimum absolute atomic E-state index is 0. The summed E-state index contributed by atoms with van der Waals surface area (Å²) in [5.41, 5.74) is 6.21. The number of hydrogen-bond donors (Lipinski definition) is 0. The predicted molar refractivity (Wildman–Crippen MR) is 192 cm³/mol. The number of hydrogen-bond acceptors (Lipinski definition) is 5. The van der Waals surface area contributed by atoms with Crippen LogP contribution in [0.5, 0.6) is 11.5 Å². The maximum absolute atomic E-state index is 6.49. The Bertz CT molecular complexity index is 2680. The van der Waals surface area contributed by atoms with E-state index in [1.54, 1.807) is 0 Å². The summed E-state index contributed by atoms with van der Waals surface area (Å²) in [6, 6.07) is 43.0. The number of para-hydroxylation sites is 1. The summed E-state index contributed by atoms with van der Waals surface area (Å²) in [5, 5.41) is 5.70. The van der Waals surface area contributed by atoms with Crippen LogP contribution in [0.1, 0.15) is 25.0 Å². The van der Waals surface area contributed by atoms with Crippen molar-refractivity contribution in [2.45, 2.75) is 19.3 Å². The first-order valence-corrected chi connectivity index (χ1v) is 16.5. The van der Waals surface area contributed by atoms with Crippen molar-refractivity contribution in [1.29, 1.82) is 0 Å². The molecule has 1 aliphatic heterocycles. The van der Waals surface area contributed by atoms with E-state index in [0.29, 0.717) is 11.5 Å². The molecule has 5 aromatic carbocycles. The largest absolute Gasteiger partial charge is 2.00 e. The number of nitrogens with zero attached hydrogens (tertiary/aromatic N) is 4. The minimum Gasteiger partial charge on any atom is -0.503 e. The number of benzene rings is 5. The summed E-state index contributed by atoms with van der Waals surface area (Å²) >= 11 is 1.83. The normalized spacial score (nSPS) is 13.6. The molecule has 0 N–H and O–H groups in total. The molecule has 0 amide bonds. The van der Waals surface area contributed by atoms with Gasteiger partial charge in [0.25, 0.3) is 0 Å². The van der Waals surface area contributed by atoms with Gasteiger partial charge in [-0.2, -0.15) is 6.07 Å². The maximum Gasteiger partial charge on any atom is 2.00 e. The number of rotatable bonds is 3. The fourth-order valence-corrected chi connectivity index (χ4v) is 8.49. The Labute approximate surface area is 295 Å². The van der Waals surface area contributed by atoms with Gasteiger partial charge in [-0.25, -0.2) is 4.98 Å². The molecule has 0 saturated carbocycles. The van der Waals surface area contributed by atoms with Crippen molar-refractivity contribution >= 4 is 76.0 Å². The van der Waals surface area contributed by atoms with E-state index in [4.69, 9.17) is 14.7 Å². The molecule has 7 heteroatoms. The third-order valence-electron chi connectivity index (χ3n) is 9.53. The molecular formula is C41H26N4OPtS. The van der Waals surface area contributed by atoms with Gasteiger partial charge in [0.2, 0.25) is 0 Å². The first-order valence-electron chi connectivity index (χ1n) is 15.7. The smallest absolute Gasteiger partial charge is 0.503 e. The van der Waals surface area contributed by atoms with Crippen LogP contribution in [0.3, 0.4) is 0 Å². The third kappa shape index (κ3) is 4.12. The Morgan fingerprint density at radius 1 is 0.688 bits per heavy atom. The van der Waals surface area contributed by atoms with Crippen molar-refractivity contribution in [2.24, 2.45) is 0 Å². The maximum atomic E-state index is 6.49. The molecule has 0 atom stereocenters. The van der Waals surface area contributed by atoms with E-state index >= 15 is 0 Å². The molecule has 48 heavy (non-hydrogen) atoms. The van der Waals surface area contributed by atoms with Gasteiger partial charge in [-0.05, 0) is 35.2 Å². The molecule has 1 aliphatic rings. The number of pyridine rings is 2. The van der Waals surface area contributed by atoms with Crippen LogP contribution in [0.25, 0.3) is 47.5 Å². The molecule has 0 fully saturated rings. The second kappa shape index (κ2) is 10.7. The number of aromatic nitrogens is 3. The fraction of sp³-hybridized carbons (Fsp3) is 0.0732. The SMILES string of the molecule is CC1(C)c2ccccc2N(c2[c-]c(Oc3[c-]c4c(cc3)c3ccc5sc6ccccc6c5c3n3ccnc43)ccc2)c2ncccc21.[Pt+2]. The van der Waals surface area contributed by atoms with E-state index in [-0.39, 0.29) is 26.5 Å². The zero-order valence-corrected chi connectivity index (χ0v) is 29.1. The molecule has 5 heterocycles. The van der Waals surface area contributed by atoms with Crippen LogP contribution < -0.4 is 9.64 Å². The van der Waals surface area contributed by atoms with Gasteiger partial charge in [-0.1, -0.05) is 84.9 Å².